The fourth-order valence-electron chi connectivity index (χ4n) is 1.15. The van der Waals surface area contributed by atoms with Gasteiger partial charge in [0.05, 0.1) is 6.61 Å². The molecule has 0 saturated carbocycles. The molecule has 1 heteroatoms. The molecule has 0 fully saturated rings. The highest BCUT2D eigenvalue weighted by Gasteiger charge is 1.95. The van der Waals surface area contributed by atoms with Crippen molar-refractivity contribution in [2.75, 3.05) is 0 Å². The Kier molecular flexibility index (Phi) is 2.66. The van der Waals surface area contributed by atoms with Crippen LogP contribution in [0.3, 0.4) is 0 Å². The number of hydrogen-bond donors (Lipinski definition) is 1. The van der Waals surface area contributed by atoms with Crippen molar-refractivity contribution >= 4 is 0 Å². The molecule has 0 saturated heterocycles. The predicted octanol–water partition coefficient (Wildman–Crippen LogP) is 1.85. The number of aryl methyl sites for hydroxylation is 2. The molecule has 1 radical (unpaired) electrons. The van der Waals surface area contributed by atoms with Crippen LogP contribution in [0.15, 0.2) is 12.1 Å². The molecule has 0 bridgehead atoms. The highest BCUT2D eigenvalue weighted by molar-refractivity contribution is 5.27. The number of aliphatic hydroxyl groups excluding tert-OH is 1. The molecule has 1 aromatic carbocycles. The maximum Gasteiger partial charge on any atom is 0.0688 e. The zero-order valence-corrected chi connectivity index (χ0v) is 7.02. The quantitative estimate of drug-likeness (QED) is 0.680. The van der Waals surface area contributed by atoms with E-state index in [1.807, 2.05) is 13.0 Å². The third-order valence-corrected chi connectivity index (χ3v) is 1.68. The molecule has 0 spiro atoms. The zero-order valence-electron chi connectivity index (χ0n) is 7.02. The lowest BCUT2D eigenvalue weighted by Crippen LogP contribution is -1.89. The molecule has 1 nitrogen and oxygen atoms in total. The van der Waals surface area contributed by atoms with Crippen LogP contribution in [0.2, 0.25) is 0 Å². The summed E-state index contributed by atoms with van der Waals surface area (Å²) in [6.07, 6.45) is 0.981. The number of aliphatic hydroxyl groups is 1. The maximum absolute atomic E-state index is 8.85. The minimum atomic E-state index is 0.0919. The number of hydrogen-bond acceptors (Lipinski definition) is 1. The van der Waals surface area contributed by atoms with E-state index in [1.165, 1.54) is 11.1 Å². The van der Waals surface area contributed by atoms with Crippen molar-refractivity contribution in [2.45, 2.75) is 26.9 Å². The van der Waals surface area contributed by atoms with Crippen molar-refractivity contribution in [3.63, 3.8) is 0 Å². The minimum absolute atomic E-state index is 0.0919. The highest BCUT2D eigenvalue weighted by atomic mass is 16.3. The first-order chi connectivity index (χ1) is 5.26. The summed E-state index contributed by atoms with van der Waals surface area (Å²) in [5, 5.41) is 8.85. The van der Waals surface area contributed by atoms with Gasteiger partial charge in [-0.25, -0.2) is 0 Å². The van der Waals surface area contributed by atoms with Crippen molar-refractivity contribution in [2.24, 2.45) is 0 Å². The lowest BCUT2D eigenvalue weighted by Gasteiger charge is -2.01. The Morgan fingerprint density at radius 3 is 2.55 bits per heavy atom. The molecule has 0 unspecified atom stereocenters. The van der Waals surface area contributed by atoms with Crippen LogP contribution >= 0.6 is 0 Å². The molecule has 0 aliphatic rings. The van der Waals surface area contributed by atoms with E-state index in [1.54, 1.807) is 0 Å². The fourth-order valence-corrected chi connectivity index (χ4v) is 1.15. The first-order valence-corrected chi connectivity index (χ1v) is 3.89. The molecule has 1 aromatic rings. The van der Waals surface area contributed by atoms with Crippen LogP contribution in [0, 0.1) is 13.0 Å². The molecule has 0 aromatic heterocycles. The van der Waals surface area contributed by atoms with Gasteiger partial charge in [0.15, 0.2) is 0 Å². The largest absolute Gasteiger partial charge is 0.392 e. The predicted molar refractivity (Wildman–Crippen MR) is 45.3 cm³/mol. The third kappa shape index (κ3) is 2.05. The van der Waals surface area contributed by atoms with Gasteiger partial charge in [-0.05, 0) is 30.5 Å². The lowest BCUT2D eigenvalue weighted by molar-refractivity contribution is 0.281. The van der Waals surface area contributed by atoms with Crippen LogP contribution in [0.5, 0.6) is 0 Å². The van der Waals surface area contributed by atoms with E-state index in [-0.39, 0.29) is 6.61 Å². The Labute approximate surface area is 67.7 Å². The molecule has 0 atom stereocenters. The van der Waals surface area contributed by atoms with Crippen molar-refractivity contribution in [1.29, 1.82) is 0 Å². The van der Waals surface area contributed by atoms with Crippen LogP contribution in [-0.2, 0) is 13.0 Å². The van der Waals surface area contributed by atoms with E-state index in [9.17, 15) is 0 Å². The summed E-state index contributed by atoms with van der Waals surface area (Å²) in [6.45, 7) is 4.22. The van der Waals surface area contributed by atoms with Crippen molar-refractivity contribution in [3.05, 3.63) is 34.9 Å². The average molecular weight is 149 g/mol. The minimum Gasteiger partial charge on any atom is -0.392 e. The molecule has 0 aliphatic carbocycles. The van der Waals surface area contributed by atoms with Gasteiger partial charge in [0.1, 0.15) is 0 Å². The second-order valence-electron chi connectivity index (χ2n) is 2.72. The summed E-state index contributed by atoms with van der Waals surface area (Å²) < 4.78 is 0. The van der Waals surface area contributed by atoms with Crippen LogP contribution in [0.4, 0.5) is 0 Å². The van der Waals surface area contributed by atoms with Gasteiger partial charge in [0.25, 0.3) is 0 Å². The fraction of sp³-hybridized carbons (Fsp3) is 0.400. The molecular weight excluding hydrogens is 136 g/mol. The summed E-state index contributed by atoms with van der Waals surface area (Å²) in [4.78, 5) is 0. The van der Waals surface area contributed by atoms with Crippen molar-refractivity contribution in [1.82, 2.24) is 0 Å². The maximum atomic E-state index is 8.85. The normalized spacial score (nSPS) is 10.1. The van der Waals surface area contributed by atoms with Gasteiger partial charge in [-0.3, -0.25) is 0 Å². The topological polar surface area (TPSA) is 20.2 Å². The van der Waals surface area contributed by atoms with Gasteiger partial charge in [-0.15, -0.1) is 0 Å². The molecule has 0 heterocycles. The summed E-state index contributed by atoms with van der Waals surface area (Å²) in [5.41, 5.74) is 3.26. The molecule has 59 valence electrons. The third-order valence-electron chi connectivity index (χ3n) is 1.68. The second-order valence-corrected chi connectivity index (χ2v) is 2.72. The van der Waals surface area contributed by atoms with E-state index < -0.39 is 0 Å². The van der Waals surface area contributed by atoms with Gasteiger partial charge in [0, 0.05) is 0 Å². The van der Waals surface area contributed by atoms with Gasteiger partial charge in [-0.2, -0.15) is 0 Å². The summed E-state index contributed by atoms with van der Waals surface area (Å²) in [6, 6.07) is 7.19. The summed E-state index contributed by atoms with van der Waals surface area (Å²) >= 11 is 0. The monoisotopic (exact) mass is 149 g/mol. The summed E-state index contributed by atoms with van der Waals surface area (Å²) in [7, 11) is 0. The standard InChI is InChI=1S/C10H13O/c1-3-9-4-8(2)5-10(6-9)7-11/h4-5,11H,3,7H2,1-2H3. The van der Waals surface area contributed by atoms with E-state index in [0.717, 1.165) is 12.0 Å². The molecule has 11 heavy (non-hydrogen) atoms. The molecular formula is C10H13O. The second kappa shape index (κ2) is 3.54. The molecule has 0 amide bonds. The van der Waals surface area contributed by atoms with Gasteiger partial charge in [-0.1, -0.05) is 24.6 Å². The van der Waals surface area contributed by atoms with E-state index in [4.69, 9.17) is 5.11 Å². The molecule has 0 aliphatic heterocycles. The van der Waals surface area contributed by atoms with Gasteiger partial charge in [0.2, 0.25) is 0 Å². The van der Waals surface area contributed by atoms with Crippen molar-refractivity contribution < 1.29 is 5.11 Å². The van der Waals surface area contributed by atoms with Crippen LogP contribution in [0.25, 0.3) is 0 Å². The first kappa shape index (κ1) is 8.28. The lowest BCUT2D eigenvalue weighted by atomic mass is 10.1. The number of benzene rings is 1. The Morgan fingerprint density at radius 2 is 2.00 bits per heavy atom. The Morgan fingerprint density at radius 1 is 1.36 bits per heavy atom. The Bertz CT molecular complexity index is 218. The first-order valence-electron chi connectivity index (χ1n) is 3.89. The SMILES string of the molecule is CCc1[c]c(CO)cc(C)c1. The highest BCUT2D eigenvalue weighted by Crippen LogP contribution is 2.08. The zero-order chi connectivity index (χ0) is 8.27. The van der Waals surface area contributed by atoms with Crippen LogP contribution in [0.1, 0.15) is 23.6 Å². The average Bonchev–Trinajstić information content (AvgIpc) is 2.03. The Balaban J connectivity index is 3.02. The molecule has 1 N–H and O–H groups in total. The van der Waals surface area contributed by atoms with Gasteiger partial charge >= 0.3 is 0 Å². The smallest absolute Gasteiger partial charge is 0.0688 e. The van der Waals surface area contributed by atoms with Crippen LogP contribution in [-0.4, -0.2) is 5.11 Å². The van der Waals surface area contributed by atoms with E-state index >= 15 is 0 Å². The Hall–Kier alpha value is -0.820. The van der Waals surface area contributed by atoms with Gasteiger partial charge < -0.3 is 5.11 Å². The van der Waals surface area contributed by atoms with Crippen LogP contribution < -0.4 is 0 Å². The summed E-state index contributed by atoms with van der Waals surface area (Å²) in [5.74, 6) is 0. The van der Waals surface area contributed by atoms with Crippen molar-refractivity contribution in [3.8, 4) is 0 Å². The number of rotatable bonds is 2. The van der Waals surface area contributed by atoms with E-state index in [2.05, 4.69) is 19.1 Å². The molecule has 1 rings (SSSR count). The van der Waals surface area contributed by atoms with E-state index in [0.29, 0.717) is 0 Å².